The van der Waals surface area contributed by atoms with E-state index in [1.807, 2.05) is 25.8 Å². The summed E-state index contributed by atoms with van der Waals surface area (Å²) in [6, 6.07) is 3.62. The highest BCUT2D eigenvalue weighted by Gasteiger charge is 2.32. The molecule has 0 bridgehead atoms. The van der Waals surface area contributed by atoms with Gasteiger partial charge in [0.1, 0.15) is 11.4 Å². The average Bonchev–Trinajstić information content (AvgIpc) is 2.91. The largest absolute Gasteiger partial charge is 0.493 e. The van der Waals surface area contributed by atoms with E-state index in [1.54, 1.807) is 51.5 Å². The average molecular weight is 501 g/mol. The zero-order chi connectivity index (χ0) is 26.4. The fourth-order valence-corrected chi connectivity index (χ4v) is 4.17. The standard InChI is InChI=1S/C26H36N4O6/c1-8-36-26(32)17-10-9-11-30(15-17)25(31)19-14-27-23(28-24(19)29(4)16(2)3)18-12-20(33-5)22(35-7)21(13-18)34-6/h12-14,16-17H,8-11,15H2,1-7H3. The molecule has 2 aromatic rings. The Balaban J connectivity index is 2.02. The number of nitrogens with zero attached hydrogens (tertiary/aromatic N) is 4. The minimum absolute atomic E-state index is 0.0767. The van der Waals surface area contributed by atoms with Crippen molar-refractivity contribution < 1.29 is 28.5 Å². The third kappa shape index (κ3) is 5.63. The van der Waals surface area contributed by atoms with E-state index in [-0.39, 0.29) is 23.8 Å². The first kappa shape index (κ1) is 27.0. The molecule has 1 aromatic carbocycles. The van der Waals surface area contributed by atoms with E-state index in [0.29, 0.717) is 66.1 Å². The number of hydrogen-bond donors (Lipinski definition) is 0. The number of piperidine rings is 1. The summed E-state index contributed by atoms with van der Waals surface area (Å²) in [4.78, 5) is 38.9. The van der Waals surface area contributed by atoms with Crippen molar-refractivity contribution in [2.24, 2.45) is 5.92 Å². The predicted octanol–water partition coefficient (Wildman–Crippen LogP) is 3.43. The van der Waals surface area contributed by atoms with Crippen molar-refractivity contribution in [3.05, 3.63) is 23.9 Å². The second-order valence-corrected chi connectivity index (χ2v) is 8.89. The highest BCUT2D eigenvalue weighted by Crippen LogP contribution is 2.41. The summed E-state index contributed by atoms with van der Waals surface area (Å²) in [7, 11) is 6.52. The number of esters is 1. The lowest BCUT2D eigenvalue weighted by molar-refractivity contribution is -0.149. The fraction of sp³-hybridized carbons (Fsp3) is 0.538. The maximum atomic E-state index is 13.6. The van der Waals surface area contributed by atoms with Gasteiger partial charge in [0.25, 0.3) is 5.91 Å². The van der Waals surface area contributed by atoms with Gasteiger partial charge in [-0.15, -0.1) is 0 Å². The van der Waals surface area contributed by atoms with Gasteiger partial charge in [-0.3, -0.25) is 9.59 Å². The lowest BCUT2D eigenvalue weighted by Gasteiger charge is -2.33. The number of carbonyl (C=O) groups is 2. The molecule has 1 aliphatic heterocycles. The normalized spacial score (nSPS) is 15.4. The summed E-state index contributed by atoms with van der Waals surface area (Å²) in [5, 5.41) is 0. The second-order valence-electron chi connectivity index (χ2n) is 8.89. The monoisotopic (exact) mass is 500 g/mol. The van der Waals surface area contributed by atoms with Crippen molar-refractivity contribution in [2.75, 3.05) is 53.0 Å². The molecule has 2 heterocycles. The highest BCUT2D eigenvalue weighted by atomic mass is 16.5. The van der Waals surface area contributed by atoms with E-state index in [1.165, 1.54) is 0 Å². The van der Waals surface area contributed by atoms with Crippen LogP contribution in [0.1, 0.15) is 44.0 Å². The summed E-state index contributed by atoms with van der Waals surface area (Å²) in [6.45, 7) is 7.03. The number of hydrogen-bond acceptors (Lipinski definition) is 9. The molecule has 1 aliphatic rings. The summed E-state index contributed by atoms with van der Waals surface area (Å²) in [5.41, 5.74) is 1.04. The Kier molecular flexibility index (Phi) is 8.95. The minimum Gasteiger partial charge on any atom is -0.493 e. The molecule has 196 valence electrons. The van der Waals surface area contributed by atoms with Crippen LogP contribution in [0.25, 0.3) is 11.4 Å². The van der Waals surface area contributed by atoms with E-state index in [0.717, 1.165) is 6.42 Å². The molecule has 1 fully saturated rings. The fourth-order valence-electron chi connectivity index (χ4n) is 4.17. The molecule has 10 heteroatoms. The zero-order valence-electron chi connectivity index (χ0n) is 22.2. The Morgan fingerprint density at radius 2 is 1.81 bits per heavy atom. The summed E-state index contributed by atoms with van der Waals surface area (Å²) in [6.07, 6.45) is 2.99. The van der Waals surface area contributed by atoms with Crippen LogP contribution in [0.3, 0.4) is 0 Å². The van der Waals surface area contributed by atoms with Gasteiger partial charge in [0.15, 0.2) is 17.3 Å². The SMILES string of the molecule is CCOC(=O)C1CCCN(C(=O)c2cnc(-c3cc(OC)c(OC)c(OC)c3)nc2N(C)C(C)C)C1. The molecule has 3 rings (SSSR count). The number of likely N-dealkylation sites (tertiary alicyclic amines) is 1. The van der Waals surface area contributed by atoms with Gasteiger partial charge in [-0.25, -0.2) is 9.97 Å². The zero-order valence-corrected chi connectivity index (χ0v) is 22.2. The summed E-state index contributed by atoms with van der Waals surface area (Å²) < 4.78 is 21.6. The van der Waals surface area contributed by atoms with Gasteiger partial charge in [0, 0.05) is 37.9 Å². The van der Waals surface area contributed by atoms with Crippen LogP contribution in [0.4, 0.5) is 5.82 Å². The Hall–Kier alpha value is -3.56. The van der Waals surface area contributed by atoms with Crippen molar-refractivity contribution in [1.29, 1.82) is 0 Å². The Labute approximate surface area is 212 Å². The van der Waals surface area contributed by atoms with Gasteiger partial charge in [-0.2, -0.15) is 0 Å². The van der Waals surface area contributed by atoms with E-state index < -0.39 is 0 Å². The third-order valence-corrected chi connectivity index (χ3v) is 6.36. The topological polar surface area (TPSA) is 103 Å². The Bertz CT molecular complexity index is 1070. The van der Waals surface area contributed by atoms with Gasteiger partial charge >= 0.3 is 5.97 Å². The smallest absolute Gasteiger partial charge is 0.310 e. The third-order valence-electron chi connectivity index (χ3n) is 6.36. The molecule has 0 spiro atoms. The van der Waals surface area contributed by atoms with Gasteiger partial charge < -0.3 is 28.7 Å². The number of aromatic nitrogens is 2. The molecular formula is C26H36N4O6. The van der Waals surface area contributed by atoms with Crippen LogP contribution in [0.2, 0.25) is 0 Å². The Morgan fingerprint density at radius 1 is 1.14 bits per heavy atom. The molecule has 1 saturated heterocycles. The summed E-state index contributed by atoms with van der Waals surface area (Å²) in [5.74, 6) is 1.56. The van der Waals surface area contributed by atoms with E-state index in [2.05, 4.69) is 4.98 Å². The van der Waals surface area contributed by atoms with E-state index >= 15 is 0 Å². The van der Waals surface area contributed by atoms with Crippen LogP contribution in [-0.4, -0.2) is 80.9 Å². The van der Waals surface area contributed by atoms with E-state index in [4.69, 9.17) is 23.9 Å². The number of rotatable bonds is 9. The minimum atomic E-state index is -0.326. The lowest BCUT2D eigenvalue weighted by atomic mass is 9.97. The molecule has 0 radical (unpaired) electrons. The molecule has 1 atom stereocenters. The first-order chi connectivity index (χ1) is 17.2. The number of ether oxygens (including phenoxy) is 4. The molecule has 10 nitrogen and oxygen atoms in total. The predicted molar refractivity (Wildman–Crippen MR) is 136 cm³/mol. The number of anilines is 1. The van der Waals surface area contributed by atoms with Crippen molar-refractivity contribution in [3.63, 3.8) is 0 Å². The molecular weight excluding hydrogens is 464 g/mol. The van der Waals surface area contributed by atoms with E-state index in [9.17, 15) is 9.59 Å². The molecule has 0 N–H and O–H groups in total. The number of amides is 1. The quantitative estimate of drug-likeness (QED) is 0.479. The van der Waals surface area contributed by atoms with Crippen LogP contribution in [0, 0.1) is 5.92 Å². The van der Waals surface area contributed by atoms with Crippen LogP contribution in [0.5, 0.6) is 17.2 Å². The molecule has 0 aliphatic carbocycles. The van der Waals surface area contributed by atoms with Crippen LogP contribution in [-0.2, 0) is 9.53 Å². The van der Waals surface area contributed by atoms with Gasteiger partial charge in [0.2, 0.25) is 5.75 Å². The lowest BCUT2D eigenvalue weighted by Crippen LogP contribution is -2.43. The van der Waals surface area contributed by atoms with Crippen LogP contribution >= 0.6 is 0 Å². The Morgan fingerprint density at radius 3 is 2.36 bits per heavy atom. The first-order valence-electron chi connectivity index (χ1n) is 12.1. The van der Waals surface area contributed by atoms with Crippen molar-refractivity contribution in [1.82, 2.24) is 14.9 Å². The number of carbonyl (C=O) groups excluding carboxylic acids is 2. The molecule has 36 heavy (non-hydrogen) atoms. The van der Waals surface area contributed by atoms with Crippen LogP contribution < -0.4 is 19.1 Å². The summed E-state index contributed by atoms with van der Waals surface area (Å²) >= 11 is 0. The van der Waals surface area contributed by atoms with Gasteiger partial charge in [0.05, 0.1) is 33.9 Å². The van der Waals surface area contributed by atoms with Gasteiger partial charge in [-0.1, -0.05) is 0 Å². The number of benzene rings is 1. The van der Waals surface area contributed by atoms with Crippen LogP contribution in [0.15, 0.2) is 18.3 Å². The molecule has 1 amide bonds. The molecule has 1 unspecified atom stereocenters. The van der Waals surface area contributed by atoms with Crippen molar-refractivity contribution in [3.8, 4) is 28.6 Å². The molecule has 0 saturated carbocycles. The first-order valence-corrected chi connectivity index (χ1v) is 12.1. The van der Waals surface area contributed by atoms with Crippen molar-refractivity contribution in [2.45, 2.75) is 39.7 Å². The maximum absolute atomic E-state index is 13.6. The maximum Gasteiger partial charge on any atom is 0.310 e. The van der Waals surface area contributed by atoms with Crippen molar-refractivity contribution >= 4 is 17.7 Å². The van der Waals surface area contributed by atoms with Gasteiger partial charge in [-0.05, 0) is 45.7 Å². The second kappa shape index (κ2) is 11.9. The number of methoxy groups -OCH3 is 3. The highest BCUT2D eigenvalue weighted by molar-refractivity contribution is 5.99. The molecule has 1 aromatic heterocycles.